The van der Waals surface area contributed by atoms with Crippen LogP contribution in [0.3, 0.4) is 0 Å². The molecule has 3 nitrogen and oxygen atoms in total. The van der Waals surface area contributed by atoms with E-state index >= 15 is 0 Å². The van der Waals surface area contributed by atoms with Gasteiger partial charge in [0.15, 0.2) is 0 Å². The van der Waals surface area contributed by atoms with Crippen LogP contribution < -0.4 is 4.74 Å². The molecule has 0 saturated heterocycles. The van der Waals surface area contributed by atoms with Gasteiger partial charge in [0.2, 0.25) is 6.17 Å². The van der Waals surface area contributed by atoms with Crippen LogP contribution in [0.25, 0.3) is 0 Å². The number of halogens is 3. The zero-order chi connectivity index (χ0) is 12.1. The Kier molecular flexibility index (Phi) is 4.16. The summed E-state index contributed by atoms with van der Waals surface area (Å²) in [6, 6.07) is 5.15. The zero-order valence-electron chi connectivity index (χ0n) is 8.07. The first kappa shape index (κ1) is 12.4. The lowest BCUT2D eigenvalue weighted by atomic mass is 10.1. The minimum Gasteiger partial charge on any atom is -0.479 e. The van der Waals surface area contributed by atoms with E-state index in [0.29, 0.717) is 5.56 Å². The van der Waals surface area contributed by atoms with Gasteiger partial charge in [0.25, 0.3) is 0 Å². The fraction of sp³-hybridized carbons (Fsp3) is 0.300. The summed E-state index contributed by atoms with van der Waals surface area (Å²) in [7, 11) is 0. The van der Waals surface area contributed by atoms with Crippen LogP contribution in [0.4, 0.5) is 13.2 Å². The number of ether oxygens (including phenoxy) is 1. The second-order valence-corrected chi connectivity index (χ2v) is 3.03. The summed E-state index contributed by atoms with van der Waals surface area (Å²) in [6.07, 6.45) is -2.30. The Morgan fingerprint density at radius 1 is 1.25 bits per heavy atom. The molecule has 0 amide bonds. The third-order valence-electron chi connectivity index (χ3n) is 1.83. The topological polar surface area (TPSA) is 46.5 Å². The predicted molar refractivity (Wildman–Crippen MR) is 49.3 cm³/mol. The van der Waals surface area contributed by atoms with Crippen LogP contribution in [-0.2, 0) is 11.2 Å². The van der Waals surface area contributed by atoms with E-state index in [-0.39, 0.29) is 12.2 Å². The number of benzene rings is 1. The molecule has 0 aliphatic carbocycles. The van der Waals surface area contributed by atoms with Crippen LogP contribution >= 0.6 is 0 Å². The normalized spacial score (nSPS) is 12.5. The Hall–Kier alpha value is -1.72. The summed E-state index contributed by atoms with van der Waals surface area (Å²) < 4.78 is 40.4. The molecule has 0 radical (unpaired) electrons. The molecule has 1 aromatic carbocycles. The number of carbonyl (C=O) groups is 1. The standard InChI is InChI=1S/C10H9F3O3/c11-8(9(14)15)5-6-1-3-7(4-2-6)16-10(12)13/h1-4,8,10H,5H2,(H,14,15). The van der Waals surface area contributed by atoms with Crippen molar-refractivity contribution in [2.45, 2.75) is 19.2 Å². The lowest BCUT2D eigenvalue weighted by Gasteiger charge is -2.06. The van der Waals surface area contributed by atoms with Crippen LogP contribution in [0.5, 0.6) is 5.75 Å². The highest BCUT2D eigenvalue weighted by Crippen LogP contribution is 2.16. The van der Waals surface area contributed by atoms with Gasteiger partial charge in [0.1, 0.15) is 5.75 Å². The molecule has 0 aliphatic rings. The summed E-state index contributed by atoms with van der Waals surface area (Å²) in [5.74, 6) is -1.60. The van der Waals surface area contributed by atoms with E-state index in [2.05, 4.69) is 4.74 Å². The van der Waals surface area contributed by atoms with Crippen molar-refractivity contribution in [2.24, 2.45) is 0 Å². The van der Waals surface area contributed by atoms with E-state index < -0.39 is 18.8 Å². The number of carboxylic acids is 1. The number of aliphatic carboxylic acids is 1. The van der Waals surface area contributed by atoms with Crippen molar-refractivity contribution < 1.29 is 27.8 Å². The quantitative estimate of drug-likeness (QED) is 0.849. The van der Waals surface area contributed by atoms with Gasteiger partial charge in [-0.2, -0.15) is 8.78 Å². The predicted octanol–water partition coefficient (Wildman–Crippen LogP) is 2.25. The lowest BCUT2D eigenvalue weighted by Crippen LogP contribution is -2.17. The highest BCUT2D eigenvalue weighted by Gasteiger charge is 2.16. The van der Waals surface area contributed by atoms with Crippen molar-refractivity contribution in [1.82, 2.24) is 0 Å². The van der Waals surface area contributed by atoms with Crippen molar-refractivity contribution in [2.75, 3.05) is 0 Å². The molecule has 0 aliphatic heterocycles. The lowest BCUT2D eigenvalue weighted by molar-refractivity contribution is -0.142. The van der Waals surface area contributed by atoms with Crippen molar-refractivity contribution in [3.8, 4) is 5.75 Å². The molecule has 1 atom stereocenters. The Bertz CT molecular complexity index is 351. The average molecular weight is 234 g/mol. The van der Waals surface area contributed by atoms with Gasteiger partial charge in [-0.05, 0) is 17.7 Å². The maximum absolute atomic E-state index is 12.8. The Morgan fingerprint density at radius 3 is 2.25 bits per heavy atom. The van der Waals surface area contributed by atoms with Gasteiger partial charge in [-0.25, -0.2) is 9.18 Å². The summed E-state index contributed by atoms with van der Waals surface area (Å²) in [6.45, 7) is -2.92. The molecule has 6 heteroatoms. The molecular weight excluding hydrogens is 225 g/mol. The van der Waals surface area contributed by atoms with Crippen LogP contribution in [0.2, 0.25) is 0 Å². The molecule has 0 saturated carbocycles. The second-order valence-electron chi connectivity index (χ2n) is 3.03. The van der Waals surface area contributed by atoms with Gasteiger partial charge in [-0.3, -0.25) is 0 Å². The van der Waals surface area contributed by atoms with Gasteiger partial charge < -0.3 is 9.84 Å². The first-order valence-corrected chi connectivity index (χ1v) is 4.39. The number of carboxylic acid groups (broad SMARTS) is 1. The molecule has 1 unspecified atom stereocenters. The molecule has 0 heterocycles. The third-order valence-corrected chi connectivity index (χ3v) is 1.83. The number of rotatable bonds is 5. The van der Waals surface area contributed by atoms with Crippen LogP contribution in [0.1, 0.15) is 5.56 Å². The molecule has 0 bridgehead atoms. The molecule has 1 rings (SSSR count). The maximum atomic E-state index is 12.8. The van der Waals surface area contributed by atoms with Gasteiger partial charge in [0.05, 0.1) is 0 Å². The van der Waals surface area contributed by atoms with E-state index in [1.54, 1.807) is 0 Å². The van der Waals surface area contributed by atoms with Crippen LogP contribution in [0.15, 0.2) is 24.3 Å². The fourth-order valence-electron chi connectivity index (χ4n) is 1.10. The minimum atomic E-state index is -2.92. The monoisotopic (exact) mass is 234 g/mol. The largest absolute Gasteiger partial charge is 0.479 e. The van der Waals surface area contributed by atoms with E-state index in [0.717, 1.165) is 0 Å². The minimum absolute atomic E-state index is 0.0514. The maximum Gasteiger partial charge on any atom is 0.387 e. The molecule has 1 aromatic rings. The SMILES string of the molecule is O=C(O)C(F)Cc1ccc(OC(F)F)cc1. The van der Waals surface area contributed by atoms with E-state index in [1.807, 2.05) is 0 Å². The van der Waals surface area contributed by atoms with E-state index in [9.17, 15) is 18.0 Å². The first-order valence-electron chi connectivity index (χ1n) is 4.39. The summed E-state index contributed by atoms with van der Waals surface area (Å²) in [5.41, 5.74) is 0.400. The smallest absolute Gasteiger partial charge is 0.387 e. The molecule has 0 spiro atoms. The molecule has 88 valence electrons. The van der Waals surface area contributed by atoms with Gasteiger partial charge >= 0.3 is 12.6 Å². The van der Waals surface area contributed by atoms with Crippen molar-refractivity contribution in [3.63, 3.8) is 0 Å². The molecule has 0 aromatic heterocycles. The van der Waals surface area contributed by atoms with Crippen LogP contribution in [0, 0.1) is 0 Å². The fourth-order valence-corrected chi connectivity index (χ4v) is 1.10. The number of hydrogen-bond donors (Lipinski definition) is 1. The van der Waals surface area contributed by atoms with Gasteiger partial charge in [0, 0.05) is 6.42 Å². The average Bonchev–Trinajstić information content (AvgIpc) is 2.20. The summed E-state index contributed by atoms with van der Waals surface area (Å²) >= 11 is 0. The van der Waals surface area contributed by atoms with Gasteiger partial charge in [-0.1, -0.05) is 12.1 Å². The number of hydrogen-bond acceptors (Lipinski definition) is 2. The molecule has 0 fully saturated rings. The summed E-state index contributed by atoms with van der Waals surface area (Å²) in [5, 5.41) is 8.32. The molecular formula is C10H9F3O3. The summed E-state index contributed by atoms with van der Waals surface area (Å²) in [4.78, 5) is 10.2. The van der Waals surface area contributed by atoms with Crippen LogP contribution in [-0.4, -0.2) is 23.9 Å². The van der Waals surface area contributed by atoms with E-state index in [4.69, 9.17) is 5.11 Å². The molecule has 16 heavy (non-hydrogen) atoms. The number of alkyl halides is 3. The first-order chi connectivity index (χ1) is 7.49. The Balaban J connectivity index is 2.61. The third kappa shape index (κ3) is 3.80. The van der Waals surface area contributed by atoms with Crippen molar-refractivity contribution in [1.29, 1.82) is 0 Å². The van der Waals surface area contributed by atoms with Crippen molar-refractivity contribution >= 4 is 5.97 Å². The molecule has 1 N–H and O–H groups in total. The van der Waals surface area contributed by atoms with Crippen molar-refractivity contribution in [3.05, 3.63) is 29.8 Å². The zero-order valence-corrected chi connectivity index (χ0v) is 8.07. The van der Waals surface area contributed by atoms with E-state index in [1.165, 1.54) is 24.3 Å². The Labute approximate surface area is 89.5 Å². The van der Waals surface area contributed by atoms with Gasteiger partial charge in [-0.15, -0.1) is 0 Å². The highest BCUT2D eigenvalue weighted by molar-refractivity contribution is 5.72. The highest BCUT2D eigenvalue weighted by atomic mass is 19.3. The second kappa shape index (κ2) is 5.39. The Morgan fingerprint density at radius 2 is 1.81 bits per heavy atom.